The van der Waals surface area contributed by atoms with Gasteiger partial charge in [0.2, 0.25) is 9.84 Å². The number of aryl methyl sites for hydroxylation is 2. The van der Waals surface area contributed by atoms with Crippen LogP contribution in [0.3, 0.4) is 0 Å². The molecule has 0 amide bonds. The summed E-state index contributed by atoms with van der Waals surface area (Å²) in [7, 11) is -3.52. The van der Waals surface area contributed by atoms with Gasteiger partial charge in [-0.15, -0.1) is 0 Å². The van der Waals surface area contributed by atoms with Crippen LogP contribution >= 0.6 is 0 Å². The largest absolute Gasteiger partial charge is 0.308 e. The molecule has 1 aliphatic rings. The number of para-hydroxylation sites is 2. The van der Waals surface area contributed by atoms with Gasteiger partial charge < -0.3 is 4.90 Å². The van der Waals surface area contributed by atoms with E-state index in [2.05, 4.69) is 0 Å². The van der Waals surface area contributed by atoms with Gasteiger partial charge in [0.05, 0.1) is 21.2 Å². The quantitative estimate of drug-likeness (QED) is 0.495. The molecule has 0 unspecified atom stereocenters. The fourth-order valence-electron chi connectivity index (χ4n) is 3.21. The van der Waals surface area contributed by atoms with Gasteiger partial charge in [0.25, 0.3) is 0 Å². The van der Waals surface area contributed by atoms with E-state index in [9.17, 15) is 8.42 Å². The molecule has 0 aliphatic carbocycles. The van der Waals surface area contributed by atoms with Gasteiger partial charge in [-0.2, -0.15) is 0 Å². The van der Waals surface area contributed by atoms with Crippen molar-refractivity contribution >= 4 is 26.9 Å². The molecule has 3 nitrogen and oxygen atoms in total. The highest BCUT2D eigenvalue weighted by molar-refractivity contribution is 7.92. The van der Waals surface area contributed by atoms with Gasteiger partial charge in [-0.1, -0.05) is 36.4 Å². The molecule has 3 aromatic carbocycles. The zero-order chi connectivity index (χ0) is 16.9. The predicted molar refractivity (Wildman–Crippen MR) is 96.1 cm³/mol. The summed E-state index contributed by atoms with van der Waals surface area (Å²) in [6, 6.07) is 20.8. The maximum atomic E-state index is 13.1. The fraction of sp³-hybridized carbons (Fsp3) is 0.100. The van der Waals surface area contributed by atoms with Crippen LogP contribution in [0.1, 0.15) is 11.1 Å². The maximum Gasteiger partial charge on any atom is 0.210 e. The molecule has 0 bridgehead atoms. The molecule has 0 saturated carbocycles. The second-order valence-electron chi connectivity index (χ2n) is 6.06. The van der Waals surface area contributed by atoms with Crippen molar-refractivity contribution in [3.05, 3.63) is 77.9 Å². The van der Waals surface area contributed by atoms with E-state index in [1.54, 1.807) is 18.2 Å². The maximum absolute atomic E-state index is 13.1. The first-order chi connectivity index (χ1) is 11.5. The van der Waals surface area contributed by atoms with Gasteiger partial charge in [0, 0.05) is 5.69 Å². The van der Waals surface area contributed by atoms with Crippen LogP contribution in [-0.4, -0.2) is 8.42 Å². The molecule has 0 atom stereocenters. The standard InChI is InChI=1S/C20H17NO2S/c1-14-11-12-18-20(13-14)24(22,23)19-10-6-5-9-17(19)21(18)16-8-4-3-7-15(16)2/h3-13H,1-2H3. The van der Waals surface area contributed by atoms with E-state index in [4.69, 9.17) is 0 Å². The van der Waals surface area contributed by atoms with Crippen molar-refractivity contribution in [1.29, 1.82) is 0 Å². The first-order valence-corrected chi connectivity index (χ1v) is 9.29. The predicted octanol–water partition coefficient (Wildman–Crippen LogP) is 4.92. The van der Waals surface area contributed by atoms with Crippen LogP contribution in [0.4, 0.5) is 17.1 Å². The highest BCUT2D eigenvalue weighted by atomic mass is 32.2. The summed E-state index contributed by atoms with van der Waals surface area (Å²) >= 11 is 0. The molecule has 1 heterocycles. The zero-order valence-corrected chi connectivity index (χ0v) is 14.3. The van der Waals surface area contributed by atoms with Crippen LogP contribution < -0.4 is 4.90 Å². The molecular weight excluding hydrogens is 318 g/mol. The summed E-state index contributed by atoms with van der Waals surface area (Å²) in [6.45, 7) is 3.95. The average molecular weight is 335 g/mol. The number of hydrogen-bond acceptors (Lipinski definition) is 3. The molecule has 0 radical (unpaired) electrons. The molecule has 1 aliphatic heterocycles. The Balaban J connectivity index is 2.12. The Morgan fingerprint density at radius 2 is 1.33 bits per heavy atom. The minimum absolute atomic E-state index is 0.353. The van der Waals surface area contributed by atoms with E-state index in [0.29, 0.717) is 21.2 Å². The van der Waals surface area contributed by atoms with Crippen molar-refractivity contribution in [2.45, 2.75) is 23.6 Å². The Morgan fingerprint density at radius 3 is 2.08 bits per heavy atom. The molecule has 4 rings (SSSR count). The van der Waals surface area contributed by atoms with Crippen LogP contribution in [0.15, 0.2) is 76.5 Å². The normalized spacial score (nSPS) is 14.8. The zero-order valence-electron chi connectivity index (χ0n) is 13.5. The summed E-state index contributed by atoms with van der Waals surface area (Å²) in [5.41, 5.74) is 4.42. The van der Waals surface area contributed by atoms with Crippen molar-refractivity contribution in [2.24, 2.45) is 0 Å². The van der Waals surface area contributed by atoms with E-state index in [1.807, 2.05) is 67.3 Å². The summed E-state index contributed by atoms with van der Waals surface area (Å²) in [5.74, 6) is 0. The molecule has 120 valence electrons. The van der Waals surface area contributed by atoms with Crippen LogP contribution in [0.5, 0.6) is 0 Å². The fourth-order valence-corrected chi connectivity index (χ4v) is 4.92. The number of nitrogens with zero attached hydrogens (tertiary/aromatic N) is 1. The van der Waals surface area contributed by atoms with E-state index >= 15 is 0 Å². The van der Waals surface area contributed by atoms with Gasteiger partial charge in [-0.05, 0) is 55.3 Å². The lowest BCUT2D eigenvalue weighted by atomic mass is 10.1. The third-order valence-electron chi connectivity index (χ3n) is 4.40. The topological polar surface area (TPSA) is 37.4 Å². The van der Waals surface area contributed by atoms with Crippen molar-refractivity contribution in [2.75, 3.05) is 4.90 Å². The Bertz CT molecular complexity index is 1050. The van der Waals surface area contributed by atoms with Crippen molar-refractivity contribution in [3.8, 4) is 0 Å². The molecular formula is C20H17NO2S. The Hall–Kier alpha value is -2.59. The first kappa shape index (κ1) is 15.0. The summed E-state index contributed by atoms with van der Waals surface area (Å²) in [5, 5.41) is 0. The summed E-state index contributed by atoms with van der Waals surface area (Å²) < 4.78 is 26.2. The molecule has 3 aromatic rings. The minimum Gasteiger partial charge on any atom is -0.308 e. The monoisotopic (exact) mass is 335 g/mol. The van der Waals surface area contributed by atoms with Gasteiger partial charge in [-0.25, -0.2) is 8.42 Å². The van der Waals surface area contributed by atoms with E-state index in [-0.39, 0.29) is 0 Å². The number of hydrogen-bond donors (Lipinski definition) is 0. The van der Waals surface area contributed by atoms with Crippen molar-refractivity contribution in [3.63, 3.8) is 0 Å². The Morgan fingerprint density at radius 1 is 0.708 bits per heavy atom. The highest BCUT2D eigenvalue weighted by Crippen LogP contribution is 2.48. The lowest BCUT2D eigenvalue weighted by molar-refractivity contribution is 0.595. The summed E-state index contributed by atoms with van der Waals surface area (Å²) in [4.78, 5) is 2.76. The number of fused-ring (bicyclic) bond motifs is 2. The van der Waals surface area contributed by atoms with E-state index in [1.165, 1.54) is 0 Å². The van der Waals surface area contributed by atoms with Crippen LogP contribution in [0.2, 0.25) is 0 Å². The number of anilines is 3. The second kappa shape index (κ2) is 5.21. The van der Waals surface area contributed by atoms with E-state index in [0.717, 1.165) is 16.8 Å². The lowest BCUT2D eigenvalue weighted by Crippen LogP contribution is -2.22. The Kier molecular flexibility index (Phi) is 3.25. The van der Waals surface area contributed by atoms with Crippen LogP contribution in [0.25, 0.3) is 0 Å². The van der Waals surface area contributed by atoms with Crippen LogP contribution in [-0.2, 0) is 9.84 Å². The number of benzene rings is 3. The molecule has 0 saturated heterocycles. The first-order valence-electron chi connectivity index (χ1n) is 7.81. The molecule has 0 fully saturated rings. The van der Waals surface area contributed by atoms with Gasteiger partial charge >= 0.3 is 0 Å². The van der Waals surface area contributed by atoms with Crippen molar-refractivity contribution < 1.29 is 8.42 Å². The Labute approximate surface area is 142 Å². The van der Waals surface area contributed by atoms with Gasteiger partial charge in [0.15, 0.2) is 0 Å². The van der Waals surface area contributed by atoms with E-state index < -0.39 is 9.84 Å². The number of rotatable bonds is 1. The lowest BCUT2D eigenvalue weighted by Gasteiger charge is -2.34. The third kappa shape index (κ3) is 2.07. The van der Waals surface area contributed by atoms with Crippen molar-refractivity contribution in [1.82, 2.24) is 0 Å². The summed E-state index contributed by atoms with van der Waals surface area (Å²) in [6.07, 6.45) is 0. The molecule has 0 spiro atoms. The molecule has 24 heavy (non-hydrogen) atoms. The van der Waals surface area contributed by atoms with Gasteiger partial charge in [-0.3, -0.25) is 0 Å². The smallest absolute Gasteiger partial charge is 0.210 e. The van der Waals surface area contributed by atoms with Gasteiger partial charge in [0.1, 0.15) is 0 Å². The minimum atomic E-state index is -3.52. The SMILES string of the molecule is Cc1ccc2c(c1)S(=O)(=O)c1ccccc1N2c1ccccc1C. The average Bonchev–Trinajstić information content (AvgIpc) is 2.57. The molecule has 0 aromatic heterocycles. The van der Waals surface area contributed by atoms with Crippen LogP contribution in [0, 0.1) is 13.8 Å². The third-order valence-corrected chi connectivity index (χ3v) is 6.23. The molecule has 0 N–H and O–H groups in total. The molecule has 4 heteroatoms. The number of sulfone groups is 1. The second-order valence-corrected chi connectivity index (χ2v) is 7.95. The highest BCUT2D eigenvalue weighted by Gasteiger charge is 2.34.